The van der Waals surface area contributed by atoms with Gasteiger partial charge in [-0.05, 0) is 24.6 Å². The minimum atomic E-state index is 0.978. The molecule has 0 bridgehead atoms. The molecule has 0 saturated heterocycles. The number of rotatable bonds is 0. The van der Waals surface area contributed by atoms with E-state index in [1.807, 2.05) is 0 Å². The average molecular weight is 304 g/mol. The van der Waals surface area contributed by atoms with Crippen molar-refractivity contribution in [2.24, 2.45) is 0 Å². The predicted molar refractivity (Wildman–Crippen MR) is 75.4 cm³/mol. The first-order valence-corrected chi connectivity index (χ1v) is 7.19. The number of hydrogen-bond donors (Lipinski definition) is 0. The van der Waals surface area contributed by atoms with Gasteiger partial charge in [-0.15, -0.1) is 0 Å². The van der Waals surface area contributed by atoms with Crippen molar-refractivity contribution >= 4 is 27.0 Å². The Hall–Kier alpha value is -1.29. The maximum absolute atomic E-state index is 4.80. The summed E-state index contributed by atoms with van der Waals surface area (Å²) in [4.78, 5) is 7.30. The second-order valence-corrected chi connectivity index (χ2v) is 5.88. The van der Waals surface area contributed by atoms with E-state index in [0.29, 0.717) is 0 Å². The zero-order valence-electron chi connectivity index (χ0n) is 10.1. The van der Waals surface area contributed by atoms with Crippen LogP contribution in [0.15, 0.2) is 34.4 Å². The number of hydrogen-bond acceptors (Lipinski definition) is 2. The summed E-state index contributed by atoms with van der Waals surface area (Å²) in [7, 11) is 0. The number of imidazole rings is 1. The van der Waals surface area contributed by atoms with Crippen molar-refractivity contribution < 1.29 is 0 Å². The van der Waals surface area contributed by atoms with Gasteiger partial charge in [0, 0.05) is 36.2 Å². The quantitative estimate of drug-likeness (QED) is 0.746. The van der Waals surface area contributed by atoms with Crippen LogP contribution in [0.1, 0.15) is 12.2 Å². The van der Waals surface area contributed by atoms with Crippen LogP contribution in [-0.4, -0.2) is 27.5 Å². The topological polar surface area (TPSA) is 21.1 Å². The van der Waals surface area contributed by atoms with Crippen LogP contribution in [-0.2, 0) is 13.0 Å². The van der Waals surface area contributed by atoms with Gasteiger partial charge in [0.25, 0.3) is 0 Å². The van der Waals surface area contributed by atoms with E-state index in [-0.39, 0.29) is 0 Å². The molecular formula is C14H14BrN3. The summed E-state index contributed by atoms with van der Waals surface area (Å²) in [6, 6.07) is 6.38. The van der Waals surface area contributed by atoms with Crippen molar-refractivity contribution in [1.29, 1.82) is 0 Å². The third-order valence-electron chi connectivity index (χ3n) is 3.91. The normalized spacial score (nSPS) is 18.5. The van der Waals surface area contributed by atoms with Crippen LogP contribution < -0.4 is 0 Å². The molecule has 0 fully saturated rings. The number of fused-ring (bicyclic) bond motifs is 4. The van der Waals surface area contributed by atoms with Gasteiger partial charge in [0.1, 0.15) is 5.82 Å². The van der Waals surface area contributed by atoms with E-state index in [1.54, 1.807) is 0 Å². The van der Waals surface area contributed by atoms with Crippen LogP contribution in [0.3, 0.4) is 0 Å². The smallest absolute Gasteiger partial charge is 0.115 e. The molecule has 0 saturated carbocycles. The van der Waals surface area contributed by atoms with E-state index >= 15 is 0 Å². The fourth-order valence-corrected chi connectivity index (χ4v) is 3.37. The van der Waals surface area contributed by atoms with E-state index in [0.717, 1.165) is 29.5 Å². The maximum Gasteiger partial charge on any atom is 0.115 e. The van der Waals surface area contributed by atoms with E-state index < -0.39 is 0 Å². The Kier molecular flexibility index (Phi) is 2.27. The van der Waals surface area contributed by atoms with Gasteiger partial charge in [0.05, 0.1) is 11.0 Å². The molecule has 0 aliphatic carbocycles. The van der Waals surface area contributed by atoms with Crippen molar-refractivity contribution in [3.8, 4) is 0 Å². The third-order valence-corrected chi connectivity index (χ3v) is 4.40. The Morgan fingerprint density at radius 3 is 3.06 bits per heavy atom. The number of nitrogens with zero attached hydrogens (tertiary/aromatic N) is 3. The van der Waals surface area contributed by atoms with Crippen LogP contribution in [0, 0.1) is 0 Å². The fraction of sp³-hybridized carbons (Fsp3) is 0.357. The van der Waals surface area contributed by atoms with Gasteiger partial charge in [0.15, 0.2) is 0 Å². The lowest BCUT2D eigenvalue weighted by atomic mass is 10.3. The zero-order chi connectivity index (χ0) is 12.1. The van der Waals surface area contributed by atoms with Gasteiger partial charge in [-0.2, -0.15) is 0 Å². The van der Waals surface area contributed by atoms with Gasteiger partial charge in [-0.3, -0.25) is 0 Å². The first-order valence-electron chi connectivity index (χ1n) is 6.40. The molecular weight excluding hydrogens is 290 g/mol. The number of benzene rings is 1. The minimum absolute atomic E-state index is 0.978. The van der Waals surface area contributed by atoms with Gasteiger partial charge in [-0.1, -0.05) is 22.0 Å². The van der Waals surface area contributed by atoms with E-state index in [1.165, 1.54) is 30.0 Å². The standard InChI is InChI=1S/C14H14BrN3/c15-10-3-4-13-12(8-10)16-14-9-11-2-1-5-17(11)6-7-18(13)14/h2-4,8H,1,5-7,9H2. The Labute approximate surface area is 114 Å². The Bertz CT molecular complexity index is 656. The zero-order valence-corrected chi connectivity index (χ0v) is 11.7. The first-order chi connectivity index (χ1) is 8.81. The third kappa shape index (κ3) is 1.52. The molecule has 92 valence electrons. The van der Waals surface area contributed by atoms with Gasteiger partial charge >= 0.3 is 0 Å². The molecule has 2 aliphatic rings. The number of halogens is 1. The van der Waals surface area contributed by atoms with Crippen molar-refractivity contribution in [3.63, 3.8) is 0 Å². The highest BCUT2D eigenvalue weighted by molar-refractivity contribution is 9.10. The molecule has 0 unspecified atom stereocenters. The molecule has 2 aliphatic heterocycles. The van der Waals surface area contributed by atoms with Gasteiger partial charge < -0.3 is 9.47 Å². The lowest BCUT2D eigenvalue weighted by Crippen LogP contribution is -2.22. The van der Waals surface area contributed by atoms with Crippen LogP contribution in [0.2, 0.25) is 0 Å². The molecule has 3 heterocycles. The molecule has 4 rings (SSSR count). The summed E-state index contributed by atoms with van der Waals surface area (Å²) in [5.74, 6) is 1.21. The number of allylic oxidation sites excluding steroid dienone is 1. The lowest BCUT2D eigenvalue weighted by molar-refractivity contribution is 0.366. The molecule has 3 nitrogen and oxygen atoms in total. The van der Waals surface area contributed by atoms with Crippen molar-refractivity contribution in [1.82, 2.24) is 14.5 Å². The highest BCUT2D eigenvalue weighted by atomic mass is 79.9. The molecule has 0 N–H and O–H groups in total. The molecule has 0 atom stereocenters. The first kappa shape index (κ1) is 10.6. The van der Waals surface area contributed by atoms with E-state index in [9.17, 15) is 0 Å². The van der Waals surface area contributed by atoms with Crippen molar-refractivity contribution in [2.75, 3.05) is 13.1 Å². The average Bonchev–Trinajstić information content (AvgIpc) is 2.88. The SMILES string of the molecule is Brc1ccc2c(c1)nc1n2CCN2CCC=C2C1. The summed E-state index contributed by atoms with van der Waals surface area (Å²) < 4.78 is 3.48. The summed E-state index contributed by atoms with van der Waals surface area (Å²) in [6.07, 6.45) is 4.54. The van der Waals surface area contributed by atoms with Crippen molar-refractivity contribution in [3.05, 3.63) is 40.3 Å². The van der Waals surface area contributed by atoms with Crippen LogP contribution in [0.25, 0.3) is 11.0 Å². The van der Waals surface area contributed by atoms with Crippen LogP contribution >= 0.6 is 15.9 Å². The monoisotopic (exact) mass is 303 g/mol. The predicted octanol–water partition coefficient (Wildman–Crippen LogP) is 2.94. The van der Waals surface area contributed by atoms with Crippen LogP contribution in [0.4, 0.5) is 0 Å². The molecule has 0 amide bonds. The second-order valence-electron chi connectivity index (χ2n) is 4.96. The second kappa shape index (κ2) is 3.85. The Balaban J connectivity index is 1.88. The van der Waals surface area contributed by atoms with E-state index in [2.05, 4.69) is 49.7 Å². The summed E-state index contributed by atoms with van der Waals surface area (Å²) in [6.45, 7) is 3.34. The Morgan fingerprint density at radius 2 is 2.11 bits per heavy atom. The summed E-state index contributed by atoms with van der Waals surface area (Å²) in [5.41, 5.74) is 3.82. The molecule has 0 spiro atoms. The highest BCUT2D eigenvalue weighted by Crippen LogP contribution is 2.27. The molecule has 18 heavy (non-hydrogen) atoms. The Morgan fingerprint density at radius 1 is 1.17 bits per heavy atom. The minimum Gasteiger partial charge on any atom is -0.373 e. The van der Waals surface area contributed by atoms with E-state index in [4.69, 9.17) is 4.98 Å². The highest BCUT2D eigenvalue weighted by Gasteiger charge is 2.22. The largest absolute Gasteiger partial charge is 0.373 e. The van der Waals surface area contributed by atoms with Crippen molar-refractivity contribution in [2.45, 2.75) is 19.4 Å². The van der Waals surface area contributed by atoms with Gasteiger partial charge in [-0.25, -0.2) is 4.98 Å². The fourth-order valence-electron chi connectivity index (χ4n) is 3.02. The van der Waals surface area contributed by atoms with Crippen LogP contribution in [0.5, 0.6) is 0 Å². The molecule has 4 heteroatoms. The summed E-state index contributed by atoms with van der Waals surface area (Å²) >= 11 is 3.52. The number of aromatic nitrogens is 2. The molecule has 0 radical (unpaired) electrons. The van der Waals surface area contributed by atoms with Gasteiger partial charge in [0.2, 0.25) is 0 Å². The molecule has 1 aromatic carbocycles. The maximum atomic E-state index is 4.80. The molecule has 2 aromatic rings. The lowest BCUT2D eigenvalue weighted by Gasteiger charge is -2.18. The summed E-state index contributed by atoms with van der Waals surface area (Å²) in [5, 5.41) is 0. The molecule has 1 aromatic heterocycles.